The van der Waals surface area contributed by atoms with Gasteiger partial charge in [-0.3, -0.25) is 0 Å². The first-order valence-corrected chi connectivity index (χ1v) is 28.1. The minimum atomic E-state index is -2.35. The highest BCUT2D eigenvalue weighted by Crippen LogP contribution is 2.40. The van der Waals surface area contributed by atoms with Crippen LogP contribution >= 0.6 is 0 Å². The summed E-state index contributed by atoms with van der Waals surface area (Å²) < 4.78 is 92.2. The van der Waals surface area contributed by atoms with Gasteiger partial charge in [-0.2, -0.15) is 0 Å². The Hall–Kier alpha value is -1.60. The van der Waals surface area contributed by atoms with Crippen LogP contribution < -0.4 is 0 Å². The molecule has 40 nitrogen and oxygen atoms in total. The van der Waals surface area contributed by atoms with Crippen molar-refractivity contribution in [3.8, 4) is 0 Å². The highest BCUT2D eigenvalue weighted by atomic mass is 16.8. The summed E-state index contributed by atoms with van der Waals surface area (Å²) in [7, 11) is 0. The molecule has 16 aliphatic heterocycles. The summed E-state index contributed by atoms with van der Waals surface area (Å²) in [5, 5.41) is 265. The summed E-state index contributed by atoms with van der Waals surface area (Å²) in [6.45, 7) is -8.81. The fraction of sp³-hybridized carbons (Fsp3) is 1.00. The van der Waals surface area contributed by atoms with Crippen LogP contribution in [0.1, 0.15) is 0 Å². The maximum Gasteiger partial charge on any atom is 0.187 e. The summed E-state index contributed by atoms with van der Waals surface area (Å²) in [5.74, 6) is 0. The van der Waals surface area contributed by atoms with Crippen LogP contribution in [0, 0.1) is 0 Å². The molecule has 16 aliphatic rings. The molecule has 0 aliphatic carbocycles. The molecule has 16 saturated heterocycles. The zero-order valence-corrected chi connectivity index (χ0v) is 46.0. The predicted molar refractivity (Wildman–Crippen MR) is 261 cm³/mol. The van der Waals surface area contributed by atoms with Crippen LogP contribution in [0.25, 0.3) is 0 Å². The van der Waals surface area contributed by atoms with Crippen molar-refractivity contribution < 1.29 is 198 Å². The molecular weight excluding hydrogens is 1220 g/mol. The van der Waals surface area contributed by atoms with Crippen molar-refractivity contribution in [1.29, 1.82) is 0 Å². The Morgan fingerprint density at radius 2 is 0.386 bits per heavy atom. The molecule has 16 heterocycles. The molecule has 14 bridgehead atoms. The number of fused-ring (bicyclic) bond motifs is 7. The lowest BCUT2D eigenvalue weighted by Gasteiger charge is -2.51. The fourth-order valence-corrected chi connectivity index (χ4v) is 11.9. The Balaban J connectivity index is 1.04. The first-order chi connectivity index (χ1) is 41.9. The third kappa shape index (κ3) is 13.8. The van der Waals surface area contributed by atoms with Gasteiger partial charge in [0.05, 0.1) is 52.9 Å². The molecule has 16 fully saturated rings. The van der Waals surface area contributed by atoms with Gasteiger partial charge in [-0.15, -0.1) is 0 Å². The standard InChI is InChI=1S/C48H80O40/c49-1-9-17(57)18(58)25(65)41(73-9)88-40-32(72)39-16(8-56)80-48(40)87-38-15(7-55)79-46(31(71)24(38)64)85-36-13(5-53)77-44(29(69)22(36)62)83-34-11(3-51)75-42(27(67)20(34)60)81-33-10(2-50)74-43(26(66)19(33)59)82-35-12(4-52)76-45(28(68)21(35)61)84-37-14(6-54)78-47(86-39)30(70)23(37)63/h9-72H,1-8H2/t9-,10+,11+,12+,13+,14+,15+,16+,17-,18+,19+,20-,21+,22-,23+,24-,25-,26+,27-,28+,29-,30+,31-,32-,33+,34+,35+,36+,37+,38+,39+,40+,41?,42+,43+,44+,45+,46+,47+,48+/m0/s1. The van der Waals surface area contributed by atoms with E-state index in [4.69, 9.17) is 75.8 Å². The van der Waals surface area contributed by atoms with Crippen LogP contribution in [0.2, 0.25) is 0 Å². The van der Waals surface area contributed by atoms with Crippen LogP contribution in [-0.2, 0) is 75.8 Å². The Labute approximate surface area is 496 Å². The average Bonchev–Trinajstić information content (AvgIpc) is 2.55. The molecule has 0 amide bonds. The third-order valence-corrected chi connectivity index (χ3v) is 16.9. The van der Waals surface area contributed by atoms with E-state index < -0.39 is 299 Å². The van der Waals surface area contributed by atoms with Crippen molar-refractivity contribution in [2.45, 2.75) is 246 Å². The van der Waals surface area contributed by atoms with E-state index in [0.29, 0.717) is 0 Å². The number of rotatable bonds is 10. The maximum atomic E-state index is 12.2. The van der Waals surface area contributed by atoms with Crippen LogP contribution in [0.5, 0.6) is 0 Å². The molecule has 0 aromatic carbocycles. The van der Waals surface area contributed by atoms with Crippen molar-refractivity contribution >= 4 is 0 Å². The molecule has 0 aromatic rings. The van der Waals surface area contributed by atoms with Crippen LogP contribution in [0.4, 0.5) is 0 Å². The number of aliphatic hydroxyl groups excluding tert-OH is 24. The average molecular weight is 1300 g/mol. The molecule has 0 spiro atoms. The lowest BCUT2D eigenvalue weighted by Crippen LogP contribution is -2.69. The van der Waals surface area contributed by atoms with Gasteiger partial charge in [-0.1, -0.05) is 0 Å². The predicted octanol–water partition coefficient (Wildman–Crippen LogP) is -17.4. The molecule has 0 radical (unpaired) electrons. The van der Waals surface area contributed by atoms with E-state index in [1.54, 1.807) is 0 Å². The fourth-order valence-electron chi connectivity index (χ4n) is 11.9. The van der Waals surface area contributed by atoms with Gasteiger partial charge in [0.15, 0.2) is 50.3 Å². The molecule has 1 unspecified atom stereocenters. The Bertz CT molecular complexity index is 2140. The van der Waals surface area contributed by atoms with Crippen molar-refractivity contribution in [2.75, 3.05) is 52.9 Å². The summed E-state index contributed by atoms with van der Waals surface area (Å²) in [6.07, 6.45) is -83.5. The van der Waals surface area contributed by atoms with Crippen molar-refractivity contribution in [3.63, 3.8) is 0 Å². The van der Waals surface area contributed by atoms with Gasteiger partial charge in [0.1, 0.15) is 195 Å². The summed E-state index contributed by atoms with van der Waals surface area (Å²) in [6, 6.07) is 0. The SMILES string of the molecule is OC[C@@H]1OC(O[C@H]2[C@H]3O[C@H]4[C@@H](O)[C@H](O)[C@@H](O[C@H]5[C@@H](O)[C@H](O)[C@@H](O[C@H]6[C@@H](O)[C@H](O)[C@@H](O[C@H]7[C@H](O)[C@@H](O)[C@@H](O[C@H]8[C@H](O)[C@@H](O)[C@@H](O[C@H]9[C@H](O)[C@@H](O)[C@@H](O[C@@H]([C@@H]2O)[C@@H](CO)O3)O[C@@H]9CO)O[C@@H]8CO)O[C@@H]7CO)O[C@@H]6CO)O[C@@H]5CO)O[C@@H]4CO)[C@@H](O)[C@H](O)[C@H]1O. The van der Waals surface area contributed by atoms with Crippen molar-refractivity contribution in [1.82, 2.24) is 0 Å². The minimum absolute atomic E-state index is 1.00. The van der Waals surface area contributed by atoms with E-state index in [0.717, 1.165) is 0 Å². The van der Waals surface area contributed by atoms with Gasteiger partial charge in [0, 0.05) is 0 Å². The van der Waals surface area contributed by atoms with Crippen LogP contribution in [0.3, 0.4) is 0 Å². The minimum Gasteiger partial charge on any atom is -0.394 e. The number of ether oxygens (including phenoxy) is 16. The maximum absolute atomic E-state index is 12.2. The largest absolute Gasteiger partial charge is 0.394 e. The topological polar surface area (TPSA) is 633 Å². The van der Waals surface area contributed by atoms with E-state index in [2.05, 4.69) is 0 Å². The molecule has 0 aromatic heterocycles. The second-order valence-electron chi connectivity index (χ2n) is 22.5. The Morgan fingerprint density at radius 3 is 0.614 bits per heavy atom. The lowest BCUT2D eigenvalue weighted by atomic mass is 9.94. The molecule has 16 rings (SSSR count). The zero-order valence-electron chi connectivity index (χ0n) is 46.0. The molecule has 88 heavy (non-hydrogen) atoms. The van der Waals surface area contributed by atoms with Gasteiger partial charge >= 0.3 is 0 Å². The quantitative estimate of drug-likeness (QED) is 0.0966. The van der Waals surface area contributed by atoms with E-state index in [9.17, 15) is 123 Å². The van der Waals surface area contributed by atoms with E-state index in [1.165, 1.54) is 0 Å². The lowest BCUT2D eigenvalue weighted by molar-refractivity contribution is -0.410. The van der Waals surface area contributed by atoms with Crippen LogP contribution in [0.15, 0.2) is 0 Å². The first-order valence-electron chi connectivity index (χ1n) is 28.1. The van der Waals surface area contributed by atoms with Crippen molar-refractivity contribution in [2.24, 2.45) is 0 Å². The Morgan fingerprint density at radius 1 is 0.182 bits per heavy atom. The normalized spacial score (nSPS) is 55.2. The molecule has 0 saturated carbocycles. The summed E-state index contributed by atoms with van der Waals surface area (Å²) in [5.41, 5.74) is 0. The highest BCUT2D eigenvalue weighted by Gasteiger charge is 2.61. The summed E-state index contributed by atoms with van der Waals surface area (Å²) in [4.78, 5) is 0. The van der Waals surface area contributed by atoms with Gasteiger partial charge in [0.25, 0.3) is 0 Å². The zero-order chi connectivity index (χ0) is 64.1. The Kier molecular flexibility index (Phi) is 24.1. The van der Waals surface area contributed by atoms with E-state index >= 15 is 0 Å². The molecule has 512 valence electrons. The third-order valence-electron chi connectivity index (χ3n) is 16.9. The number of aliphatic hydroxyl groups is 24. The second kappa shape index (κ2) is 30.0. The molecule has 40 atom stereocenters. The number of hydrogen-bond donors (Lipinski definition) is 24. The monoisotopic (exact) mass is 1300 g/mol. The van der Waals surface area contributed by atoms with E-state index in [-0.39, 0.29) is 0 Å². The smallest absolute Gasteiger partial charge is 0.187 e. The van der Waals surface area contributed by atoms with E-state index in [1.807, 2.05) is 0 Å². The van der Waals surface area contributed by atoms with Crippen molar-refractivity contribution in [3.05, 3.63) is 0 Å². The first kappa shape index (κ1) is 70.7. The van der Waals surface area contributed by atoms with Gasteiger partial charge in [-0.25, -0.2) is 0 Å². The van der Waals surface area contributed by atoms with Gasteiger partial charge in [0.2, 0.25) is 0 Å². The second-order valence-corrected chi connectivity index (χ2v) is 22.5. The number of hydrogen-bond acceptors (Lipinski definition) is 40. The molecule has 24 N–H and O–H groups in total. The highest BCUT2D eigenvalue weighted by molar-refractivity contribution is 5.03. The van der Waals surface area contributed by atoms with Crippen LogP contribution in [-0.4, -0.2) is 421 Å². The summed E-state index contributed by atoms with van der Waals surface area (Å²) >= 11 is 0. The van der Waals surface area contributed by atoms with Gasteiger partial charge < -0.3 is 198 Å². The molecule has 40 heteroatoms. The molecular formula is C48H80O40. The van der Waals surface area contributed by atoms with Gasteiger partial charge in [-0.05, 0) is 0 Å².